The van der Waals surface area contributed by atoms with Crippen molar-refractivity contribution < 1.29 is 27.1 Å². The number of carbonyl (C=O) groups is 1. The van der Waals surface area contributed by atoms with E-state index in [0.29, 0.717) is 10.4 Å². The van der Waals surface area contributed by atoms with Gasteiger partial charge in [0.15, 0.2) is 11.6 Å². The van der Waals surface area contributed by atoms with Gasteiger partial charge in [0.2, 0.25) is 0 Å². The van der Waals surface area contributed by atoms with Gasteiger partial charge in [-0.1, -0.05) is 18.2 Å². The summed E-state index contributed by atoms with van der Waals surface area (Å²) < 4.78 is 51.8. The van der Waals surface area contributed by atoms with Gasteiger partial charge in [0, 0.05) is 6.07 Å². The molecule has 2 rings (SSSR count). The van der Waals surface area contributed by atoms with Crippen molar-refractivity contribution in [3.8, 4) is 0 Å². The van der Waals surface area contributed by atoms with Gasteiger partial charge < -0.3 is 5.11 Å². The second-order valence-electron chi connectivity index (χ2n) is 4.32. The molecule has 2 aromatic carbocycles. The Hall–Kier alpha value is -2.48. The first-order chi connectivity index (χ1) is 10.3. The van der Waals surface area contributed by atoms with Gasteiger partial charge in [-0.2, -0.15) is 0 Å². The van der Waals surface area contributed by atoms with E-state index in [0.717, 1.165) is 12.1 Å². The summed E-state index contributed by atoms with van der Waals surface area (Å²) in [5.74, 6) is -3.85. The monoisotopic (exact) mass is 327 g/mol. The molecule has 0 saturated carbocycles. The van der Waals surface area contributed by atoms with Crippen molar-refractivity contribution in [1.82, 2.24) is 0 Å². The molecule has 5 nitrogen and oxygen atoms in total. The Bertz CT molecular complexity index is 794. The van der Waals surface area contributed by atoms with Crippen molar-refractivity contribution in [2.24, 2.45) is 0 Å². The number of carboxylic acids is 1. The first-order valence-corrected chi connectivity index (χ1v) is 7.51. The molecule has 0 saturated heterocycles. The van der Waals surface area contributed by atoms with Gasteiger partial charge in [0.25, 0.3) is 10.0 Å². The van der Waals surface area contributed by atoms with E-state index < -0.39 is 34.2 Å². The summed E-state index contributed by atoms with van der Waals surface area (Å²) in [4.78, 5) is 10.8. The lowest BCUT2D eigenvalue weighted by atomic mass is 10.3. The highest BCUT2D eigenvalue weighted by Gasteiger charge is 2.27. The fourth-order valence-corrected chi connectivity index (χ4v) is 3.22. The molecule has 0 spiro atoms. The fourth-order valence-electron chi connectivity index (χ4n) is 1.80. The highest BCUT2D eigenvalue weighted by Crippen LogP contribution is 2.25. The Morgan fingerprint density at radius 1 is 1.05 bits per heavy atom. The van der Waals surface area contributed by atoms with Crippen LogP contribution in [-0.4, -0.2) is 26.0 Å². The van der Waals surface area contributed by atoms with E-state index in [1.807, 2.05) is 0 Å². The molecule has 0 atom stereocenters. The van der Waals surface area contributed by atoms with Crippen molar-refractivity contribution in [2.45, 2.75) is 4.90 Å². The van der Waals surface area contributed by atoms with E-state index >= 15 is 0 Å². The topological polar surface area (TPSA) is 74.7 Å². The van der Waals surface area contributed by atoms with Crippen LogP contribution >= 0.6 is 0 Å². The first kappa shape index (κ1) is 15.9. The van der Waals surface area contributed by atoms with Crippen molar-refractivity contribution in [1.29, 1.82) is 0 Å². The van der Waals surface area contributed by atoms with Crippen LogP contribution in [0.25, 0.3) is 0 Å². The largest absolute Gasteiger partial charge is 0.480 e. The molecule has 8 heteroatoms. The molecule has 22 heavy (non-hydrogen) atoms. The van der Waals surface area contributed by atoms with E-state index in [-0.39, 0.29) is 10.6 Å². The van der Waals surface area contributed by atoms with Crippen molar-refractivity contribution >= 4 is 21.7 Å². The second-order valence-corrected chi connectivity index (χ2v) is 6.18. The smallest absolute Gasteiger partial charge is 0.324 e. The Balaban J connectivity index is 2.55. The molecule has 0 amide bonds. The highest BCUT2D eigenvalue weighted by atomic mass is 32.2. The zero-order valence-corrected chi connectivity index (χ0v) is 11.9. The van der Waals surface area contributed by atoms with Gasteiger partial charge in [0.1, 0.15) is 6.54 Å². The average molecular weight is 327 g/mol. The predicted molar refractivity (Wildman–Crippen MR) is 75.0 cm³/mol. The first-order valence-electron chi connectivity index (χ1n) is 6.07. The number of sulfonamides is 1. The second kappa shape index (κ2) is 6.10. The maximum Gasteiger partial charge on any atom is 0.324 e. The van der Waals surface area contributed by atoms with Crippen LogP contribution in [0.2, 0.25) is 0 Å². The molecule has 0 aliphatic carbocycles. The Labute approximate surface area is 125 Å². The lowest BCUT2D eigenvalue weighted by Crippen LogP contribution is -2.35. The van der Waals surface area contributed by atoms with Gasteiger partial charge in [-0.25, -0.2) is 17.2 Å². The summed E-state index contributed by atoms with van der Waals surface area (Å²) in [6.45, 7) is -0.914. The number of aliphatic carboxylic acids is 1. The molecule has 1 N–H and O–H groups in total. The lowest BCUT2D eigenvalue weighted by molar-refractivity contribution is -0.135. The van der Waals surface area contributed by atoms with Crippen LogP contribution in [0.5, 0.6) is 0 Å². The number of halogens is 2. The minimum atomic E-state index is -4.22. The molecule has 116 valence electrons. The minimum absolute atomic E-state index is 0.152. The van der Waals surface area contributed by atoms with Crippen molar-refractivity contribution in [2.75, 3.05) is 10.8 Å². The molecule has 0 aromatic heterocycles. The summed E-state index contributed by atoms with van der Waals surface area (Å²) in [5, 5.41) is 8.91. The third-order valence-electron chi connectivity index (χ3n) is 2.80. The van der Waals surface area contributed by atoms with Crippen LogP contribution in [0.15, 0.2) is 53.4 Å². The van der Waals surface area contributed by atoms with Crippen LogP contribution in [0.3, 0.4) is 0 Å². The number of benzene rings is 2. The molecule has 0 aliphatic rings. The highest BCUT2D eigenvalue weighted by molar-refractivity contribution is 7.92. The Kier molecular flexibility index (Phi) is 4.41. The van der Waals surface area contributed by atoms with Gasteiger partial charge in [-0.05, 0) is 24.3 Å². The molecular formula is C14H11F2NO4S. The average Bonchev–Trinajstić information content (AvgIpc) is 2.48. The number of anilines is 1. The van der Waals surface area contributed by atoms with Crippen LogP contribution in [0.1, 0.15) is 0 Å². The SMILES string of the molecule is O=C(O)CN(c1ccc(F)c(F)c1)S(=O)(=O)c1ccccc1. The van der Waals surface area contributed by atoms with E-state index in [2.05, 4.69) is 0 Å². The fraction of sp³-hybridized carbons (Fsp3) is 0.0714. The number of hydrogen-bond acceptors (Lipinski definition) is 3. The molecule has 0 fully saturated rings. The number of hydrogen-bond donors (Lipinski definition) is 1. The maximum absolute atomic E-state index is 13.3. The lowest BCUT2D eigenvalue weighted by Gasteiger charge is -2.22. The normalized spacial score (nSPS) is 11.2. The summed E-state index contributed by atoms with van der Waals surface area (Å²) in [6, 6.07) is 9.47. The standard InChI is InChI=1S/C14H11F2NO4S/c15-12-7-6-10(8-13(12)16)17(9-14(18)19)22(20,21)11-4-2-1-3-5-11/h1-8H,9H2,(H,18,19). The molecule has 2 aromatic rings. The predicted octanol–water partition coefficient (Wildman–Crippen LogP) is 2.24. The Morgan fingerprint density at radius 3 is 2.23 bits per heavy atom. The van der Waals surface area contributed by atoms with Crippen LogP contribution in [-0.2, 0) is 14.8 Å². The van der Waals surface area contributed by atoms with Gasteiger partial charge >= 0.3 is 5.97 Å². The molecule has 0 aliphatic heterocycles. The van der Waals surface area contributed by atoms with E-state index in [4.69, 9.17) is 5.11 Å². The number of rotatable bonds is 5. The summed E-state index contributed by atoms with van der Waals surface area (Å²) in [7, 11) is -4.22. The van der Waals surface area contributed by atoms with Gasteiger partial charge in [-0.15, -0.1) is 0 Å². The van der Waals surface area contributed by atoms with E-state index in [9.17, 15) is 22.0 Å². The number of carboxylic acid groups (broad SMARTS) is 1. The Morgan fingerprint density at radius 2 is 1.68 bits per heavy atom. The van der Waals surface area contributed by atoms with E-state index in [1.165, 1.54) is 24.3 Å². The van der Waals surface area contributed by atoms with E-state index in [1.54, 1.807) is 6.07 Å². The van der Waals surface area contributed by atoms with Crippen LogP contribution < -0.4 is 4.31 Å². The van der Waals surface area contributed by atoms with Gasteiger partial charge in [0.05, 0.1) is 10.6 Å². The zero-order valence-electron chi connectivity index (χ0n) is 11.1. The minimum Gasteiger partial charge on any atom is -0.480 e. The maximum atomic E-state index is 13.3. The zero-order chi connectivity index (χ0) is 16.3. The van der Waals surface area contributed by atoms with Crippen molar-refractivity contribution in [3.05, 3.63) is 60.2 Å². The molecule has 0 heterocycles. The number of nitrogens with zero attached hydrogens (tertiary/aromatic N) is 1. The quantitative estimate of drug-likeness (QED) is 0.914. The molecule has 0 bridgehead atoms. The third-order valence-corrected chi connectivity index (χ3v) is 4.59. The van der Waals surface area contributed by atoms with Crippen molar-refractivity contribution in [3.63, 3.8) is 0 Å². The molecule has 0 radical (unpaired) electrons. The van der Waals surface area contributed by atoms with Gasteiger partial charge in [-0.3, -0.25) is 9.10 Å². The summed E-state index contributed by atoms with van der Waals surface area (Å²) in [5.41, 5.74) is -0.273. The molecule has 0 unspecified atom stereocenters. The summed E-state index contributed by atoms with van der Waals surface area (Å²) in [6.07, 6.45) is 0. The molecular weight excluding hydrogens is 316 g/mol. The van der Waals surface area contributed by atoms with Crippen LogP contribution in [0.4, 0.5) is 14.5 Å². The summed E-state index contributed by atoms with van der Waals surface area (Å²) >= 11 is 0. The third kappa shape index (κ3) is 3.22. The van der Waals surface area contributed by atoms with Crippen LogP contribution in [0, 0.1) is 11.6 Å².